The fourth-order valence-corrected chi connectivity index (χ4v) is 2.65. The minimum Gasteiger partial charge on any atom is -0.497 e. The predicted molar refractivity (Wildman–Crippen MR) is 97.8 cm³/mol. The number of guanidine groups is 1. The Morgan fingerprint density at radius 3 is 2.50 bits per heavy atom. The van der Waals surface area contributed by atoms with Crippen molar-refractivity contribution in [1.29, 1.82) is 0 Å². The highest BCUT2D eigenvalue weighted by Gasteiger charge is 2.05. The van der Waals surface area contributed by atoms with E-state index in [1.165, 1.54) is 4.88 Å². The number of aliphatic imine (C=N–C) groups is 1. The van der Waals surface area contributed by atoms with Crippen molar-refractivity contribution >= 4 is 23.2 Å². The molecule has 0 unspecified atom stereocenters. The zero-order valence-corrected chi connectivity index (χ0v) is 14.7. The summed E-state index contributed by atoms with van der Waals surface area (Å²) in [5.41, 5.74) is 0.607. The molecule has 1 aromatic carbocycles. The van der Waals surface area contributed by atoms with Gasteiger partial charge in [0.15, 0.2) is 5.96 Å². The van der Waals surface area contributed by atoms with Gasteiger partial charge in [0.2, 0.25) is 0 Å². The average Bonchev–Trinajstić information content (AvgIpc) is 3.14. The molecule has 6 nitrogen and oxygen atoms in total. The van der Waals surface area contributed by atoms with E-state index in [1.807, 2.05) is 11.4 Å². The van der Waals surface area contributed by atoms with Gasteiger partial charge in [0.05, 0.1) is 13.7 Å². The highest BCUT2D eigenvalue weighted by Crippen LogP contribution is 2.10. The van der Waals surface area contributed by atoms with Gasteiger partial charge in [0.1, 0.15) is 5.75 Å². The molecule has 1 aromatic heterocycles. The van der Waals surface area contributed by atoms with Crippen molar-refractivity contribution in [3.8, 4) is 5.75 Å². The first-order valence-electron chi connectivity index (χ1n) is 7.62. The van der Waals surface area contributed by atoms with Gasteiger partial charge >= 0.3 is 0 Å². The summed E-state index contributed by atoms with van der Waals surface area (Å²) in [4.78, 5) is 17.4. The molecule has 0 aliphatic heterocycles. The van der Waals surface area contributed by atoms with E-state index in [-0.39, 0.29) is 5.91 Å². The van der Waals surface area contributed by atoms with Crippen molar-refractivity contribution < 1.29 is 9.53 Å². The Balaban J connectivity index is 1.67. The SMILES string of the molecule is CN=C(NCCNC(=O)c1ccc(OC)cc1)NCc1cccs1. The van der Waals surface area contributed by atoms with Crippen LogP contribution in [0.25, 0.3) is 0 Å². The number of carbonyl (C=O) groups is 1. The van der Waals surface area contributed by atoms with Crippen LogP contribution >= 0.6 is 11.3 Å². The quantitative estimate of drug-likeness (QED) is 0.406. The lowest BCUT2D eigenvalue weighted by Gasteiger charge is -2.12. The van der Waals surface area contributed by atoms with Crippen LogP contribution in [0.15, 0.2) is 46.8 Å². The molecule has 24 heavy (non-hydrogen) atoms. The molecule has 1 amide bonds. The van der Waals surface area contributed by atoms with E-state index < -0.39 is 0 Å². The summed E-state index contributed by atoms with van der Waals surface area (Å²) in [5.74, 6) is 1.33. The topological polar surface area (TPSA) is 74.8 Å². The first kappa shape index (κ1) is 17.8. The first-order valence-corrected chi connectivity index (χ1v) is 8.50. The summed E-state index contributed by atoms with van der Waals surface area (Å²) < 4.78 is 5.07. The maximum Gasteiger partial charge on any atom is 0.251 e. The van der Waals surface area contributed by atoms with Gasteiger partial charge in [-0.25, -0.2) is 0 Å². The molecule has 0 bridgehead atoms. The van der Waals surface area contributed by atoms with Crippen LogP contribution in [-0.4, -0.2) is 39.1 Å². The number of rotatable bonds is 7. The van der Waals surface area contributed by atoms with Crippen molar-refractivity contribution in [3.63, 3.8) is 0 Å². The Hall–Kier alpha value is -2.54. The molecule has 3 N–H and O–H groups in total. The molecule has 0 saturated carbocycles. The Morgan fingerprint density at radius 2 is 1.88 bits per heavy atom. The van der Waals surface area contributed by atoms with Gasteiger partial charge in [-0.2, -0.15) is 0 Å². The molecule has 0 spiro atoms. The number of thiophene rings is 1. The second kappa shape index (κ2) is 9.57. The Kier molecular flexibility index (Phi) is 7.10. The summed E-state index contributed by atoms with van der Waals surface area (Å²) in [6.07, 6.45) is 0. The van der Waals surface area contributed by atoms with Crippen LogP contribution in [0.2, 0.25) is 0 Å². The number of amides is 1. The molecule has 128 valence electrons. The van der Waals surface area contributed by atoms with Crippen LogP contribution in [-0.2, 0) is 6.54 Å². The molecule has 7 heteroatoms. The Labute approximate surface area is 146 Å². The number of benzene rings is 1. The van der Waals surface area contributed by atoms with Crippen LogP contribution in [0.4, 0.5) is 0 Å². The molecule has 0 aliphatic rings. The number of methoxy groups -OCH3 is 1. The maximum atomic E-state index is 12.0. The Morgan fingerprint density at radius 1 is 1.12 bits per heavy atom. The van der Waals surface area contributed by atoms with E-state index in [1.54, 1.807) is 49.8 Å². The minimum atomic E-state index is -0.110. The second-order valence-corrected chi connectivity index (χ2v) is 5.95. The number of nitrogens with one attached hydrogen (secondary N) is 3. The van der Waals surface area contributed by atoms with E-state index >= 15 is 0 Å². The van der Waals surface area contributed by atoms with Crippen LogP contribution in [0.5, 0.6) is 5.75 Å². The molecule has 0 aliphatic carbocycles. The lowest BCUT2D eigenvalue weighted by atomic mass is 10.2. The number of hydrogen-bond acceptors (Lipinski definition) is 4. The van der Waals surface area contributed by atoms with Gasteiger partial charge in [-0.1, -0.05) is 6.07 Å². The van der Waals surface area contributed by atoms with Gasteiger partial charge in [0, 0.05) is 30.6 Å². The molecule has 0 fully saturated rings. The van der Waals surface area contributed by atoms with Crippen molar-refractivity contribution in [2.45, 2.75) is 6.54 Å². The van der Waals surface area contributed by atoms with Crippen LogP contribution in [0.1, 0.15) is 15.2 Å². The van der Waals surface area contributed by atoms with Gasteiger partial charge < -0.3 is 20.7 Å². The summed E-state index contributed by atoms with van der Waals surface area (Å²) in [6.45, 7) is 1.83. The standard InChI is InChI=1S/C17H22N4O2S/c1-18-17(21-12-15-4-3-11-24-15)20-10-9-19-16(22)13-5-7-14(23-2)8-6-13/h3-8,11H,9-10,12H2,1-2H3,(H,19,22)(H2,18,20,21). The summed E-state index contributed by atoms with van der Waals surface area (Å²) in [5, 5.41) is 11.3. The molecule has 0 atom stereocenters. The van der Waals surface area contributed by atoms with Crippen molar-refractivity contribution in [1.82, 2.24) is 16.0 Å². The van der Waals surface area contributed by atoms with E-state index in [9.17, 15) is 4.79 Å². The largest absolute Gasteiger partial charge is 0.497 e. The maximum absolute atomic E-state index is 12.0. The second-order valence-electron chi connectivity index (χ2n) is 4.92. The van der Waals surface area contributed by atoms with Crippen LogP contribution in [0.3, 0.4) is 0 Å². The number of hydrogen-bond donors (Lipinski definition) is 3. The normalized spacial score (nSPS) is 11.0. The summed E-state index contributed by atoms with van der Waals surface area (Å²) >= 11 is 1.70. The van der Waals surface area contributed by atoms with Crippen LogP contribution in [0, 0.1) is 0 Å². The van der Waals surface area contributed by atoms with Gasteiger partial charge in [-0.05, 0) is 35.7 Å². The summed E-state index contributed by atoms with van der Waals surface area (Å²) in [6, 6.07) is 11.1. The van der Waals surface area contributed by atoms with Gasteiger partial charge in [0.25, 0.3) is 5.91 Å². The first-order chi connectivity index (χ1) is 11.7. The lowest BCUT2D eigenvalue weighted by Crippen LogP contribution is -2.41. The zero-order valence-electron chi connectivity index (χ0n) is 13.8. The third-order valence-corrected chi connectivity index (χ3v) is 4.17. The molecular weight excluding hydrogens is 324 g/mol. The highest BCUT2D eigenvalue weighted by atomic mass is 32.1. The average molecular weight is 346 g/mol. The smallest absolute Gasteiger partial charge is 0.251 e. The number of ether oxygens (including phenoxy) is 1. The van der Waals surface area contributed by atoms with E-state index in [4.69, 9.17) is 4.74 Å². The Bertz CT molecular complexity index is 654. The van der Waals surface area contributed by atoms with Crippen molar-refractivity contribution in [3.05, 3.63) is 52.2 Å². The number of carbonyl (C=O) groups excluding carboxylic acids is 1. The molecular formula is C17H22N4O2S. The minimum absolute atomic E-state index is 0.110. The third-order valence-electron chi connectivity index (χ3n) is 3.29. The third kappa shape index (κ3) is 5.58. The monoisotopic (exact) mass is 346 g/mol. The molecule has 1 heterocycles. The van der Waals surface area contributed by atoms with E-state index in [0.717, 1.165) is 12.3 Å². The highest BCUT2D eigenvalue weighted by molar-refractivity contribution is 7.09. The van der Waals surface area contributed by atoms with E-state index in [0.29, 0.717) is 24.6 Å². The van der Waals surface area contributed by atoms with Crippen LogP contribution < -0.4 is 20.7 Å². The van der Waals surface area contributed by atoms with Crippen molar-refractivity contribution in [2.24, 2.45) is 4.99 Å². The van der Waals surface area contributed by atoms with Crippen molar-refractivity contribution in [2.75, 3.05) is 27.2 Å². The fraction of sp³-hybridized carbons (Fsp3) is 0.294. The molecule has 0 saturated heterocycles. The predicted octanol–water partition coefficient (Wildman–Crippen LogP) is 1.85. The van der Waals surface area contributed by atoms with Gasteiger partial charge in [-0.3, -0.25) is 9.79 Å². The lowest BCUT2D eigenvalue weighted by molar-refractivity contribution is 0.0954. The van der Waals surface area contributed by atoms with Gasteiger partial charge in [-0.15, -0.1) is 11.3 Å². The molecule has 0 radical (unpaired) electrons. The molecule has 2 rings (SSSR count). The zero-order chi connectivity index (χ0) is 17.2. The number of nitrogens with zero attached hydrogens (tertiary/aromatic N) is 1. The summed E-state index contributed by atoms with van der Waals surface area (Å²) in [7, 11) is 3.32. The molecule has 2 aromatic rings. The fourth-order valence-electron chi connectivity index (χ4n) is 2.01. The van der Waals surface area contributed by atoms with E-state index in [2.05, 4.69) is 27.0 Å².